The molecule has 0 aliphatic heterocycles. The van der Waals surface area contributed by atoms with E-state index in [1.165, 1.54) is 22.5 Å². The summed E-state index contributed by atoms with van der Waals surface area (Å²) in [5, 5.41) is 11.7. The number of carbonyl (C=O) groups is 1. The van der Waals surface area contributed by atoms with Crippen LogP contribution in [0.15, 0.2) is 41.7 Å². The highest BCUT2D eigenvalue weighted by Gasteiger charge is 2.15. The van der Waals surface area contributed by atoms with Gasteiger partial charge in [0.25, 0.3) is 0 Å². The fourth-order valence-electron chi connectivity index (χ4n) is 2.51. The van der Waals surface area contributed by atoms with Crippen LogP contribution in [0.5, 0.6) is 5.75 Å². The normalized spacial score (nSPS) is 11.4. The monoisotopic (exact) mass is 480 g/mol. The number of amides is 1. The zero-order chi connectivity index (χ0) is 22.6. The van der Waals surface area contributed by atoms with Crippen LogP contribution >= 0.6 is 35.0 Å². The molecule has 3 aromatic rings. The number of halogens is 2. The molecular formula is C20H22Cl2N6O2S. The smallest absolute Gasteiger partial charge is 0.236 e. The van der Waals surface area contributed by atoms with Crippen molar-refractivity contribution in [3.05, 3.63) is 58.0 Å². The number of ether oxygens (including phenoxy) is 1. The molecule has 11 heteroatoms. The average molecular weight is 481 g/mol. The van der Waals surface area contributed by atoms with Gasteiger partial charge in [-0.3, -0.25) is 4.79 Å². The highest BCUT2D eigenvalue weighted by molar-refractivity contribution is 7.99. The second-order valence-corrected chi connectivity index (χ2v) is 9.44. The van der Waals surface area contributed by atoms with Crippen LogP contribution in [0.1, 0.15) is 32.2 Å². The summed E-state index contributed by atoms with van der Waals surface area (Å²) in [4.78, 5) is 16.1. The molecule has 0 fully saturated rings. The van der Waals surface area contributed by atoms with E-state index in [4.69, 9.17) is 33.8 Å². The van der Waals surface area contributed by atoms with Gasteiger partial charge in [0, 0.05) is 6.20 Å². The van der Waals surface area contributed by atoms with Crippen molar-refractivity contribution < 1.29 is 9.53 Å². The molecule has 8 nitrogen and oxygen atoms in total. The third-order valence-corrected chi connectivity index (χ3v) is 5.66. The van der Waals surface area contributed by atoms with E-state index in [9.17, 15) is 4.79 Å². The predicted octanol–water partition coefficient (Wildman–Crippen LogP) is 4.30. The van der Waals surface area contributed by atoms with E-state index in [-0.39, 0.29) is 34.5 Å². The van der Waals surface area contributed by atoms with E-state index in [0.29, 0.717) is 21.8 Å². The minimum atomic E-state index is -0.318. The third-order valence-electron chi connectivity index (χ3n) is 4.22. The number of benzene rings is 1. The zero-order valence-corrected chi connectivity index (χ0v) is 19.6. The van der Waals surface area contributed by atoms with Crippen molar-refractivity contribution in [3.8, 4) is 5.75 Å². The molecule has 0 atom stereocenters. The number of nitrogens with two attached hydrogens (primary N) is 1. The Morgan fingerprint density at radius 1 is 1.23 bits per heavy atom. The van der Waals surface area contributed by atoms with Gasteiger partial charge in [-0.05, 0) is 29.2 Å². The van der Waals surface area contributed by atoms with Crippen molar-refractivity contribution in [1.29, 1.82) is 0 Å². The molecule has 31 heavy (non-hydrogen) atoms. The van der Waals surface area contributed by atoms with Crippen LogP contribution in [-0.4, -0.2) is 31.5 Å². The molecule has 164 valence electrons. The van der Waals surface area contributed by atoms with Crippen LogP contribution in [0.25, 0.3) is 0 Å². The maximum atomic E-state index is 12.2. The highest BCUT2D eigenvalue weighted by atomic mass is 35.5. The molecule has 0 unspecified atom stereocenters. The SMILES string of the molecule is CC(C)(C)c1ccc(OCc2nnc(SCC(=O)Nc3ncc(Cl)cc3Cl)n2N)cc1. The maximum Gasteiger partial charge on any atom is 0.236 e. The van der Waals surface area contributed by atoms with Crippen LogP contribution in [0.4, 0.5) is 5.82 Å². The number of nitrogens with one attached hydrogen (secondary N) is 1. The summed E-state index contributed by atoms with van der Waals surface area (Å²) < 4.78 is 7.06. The molecule has 0 saturated heterocycles. The lowest BCUT2D eigenvalue weighted by Crippen LogP contribution is -2.18. The first-order chi connectivity index (χ1) is 14.6. The summed E-state index contributed by atoms with van der Waals surface area (Å²) in [6.45, 7) is 6.61. The lowest BCUT2D eigenvalue weighted by atomic mass is 9.87. The van der Waals surface area contributed by atoms with Crippen molar-refractivity contribution in [2.75, 3.05) is 16.9 Å². The standard InChI is InChI=1S/C20H22Cl2N6O2S/c1-20(2,3)12-4-6-14(7-5-12)30-10-16-26-27-19(28(16)23)31-11-17(29)25-18-15(22)8-13(21)9-24-18/h4-9H,10-11,23H2,1-3H3,(H,24,25,29). The second-order valence-electron chi connectivity index (χ2n) is 7.65. The number of hydrogen-bond donors (Lipinski definition) is 2. The summed E-state index contributed by atoms with van der Waals surface area (Å²) in [6.07, 6.45) is 1.40. The molecule has 0 aliphatic rings. The van der Waals surface area contributed by atoms with Gasteiger partial charge >= 0.3 is 0 Å². The number of hydrogen-bond acceptors (Lipinski definition) is 7. The van der Waals surface area contributed by atoms with Gasteiger partial charge in [0.15, 0.2) is 11.6 Å². The Hall–Kier alpha value is -2.49. The van der Waals surface area contributed by atoms with Crippen molar-refractivity contribution in [1.82, 2.24) is 19.9 Å². The number of nitrogens with zero attached hydrogens (tertiary/aromatic N) is 4. The molecule has 2 aromatic heterocycles. The highest BCUT2D eigenvalue weighted by Crippen LogP contribution is 2.25. The first-order valence-electron chi connectivity index (χ1n) is 9.30. The Bertz CT molecular complexity index is 1070. The Morgan fingerprint density at radius 3 is 2.58 bits per heavy atom. The van der Waals surface area contributed by atoms with Crippen LogP contribution < -0.4 is 15.9 Å². The molecule has 2 heterocycles. The minimum Gasteiger partial charge on any atom is -0.486 e. The van der Waals surface area contributed by atoms with E-state index in [2.05, 4.69) is 41.3 Å². The van der Waals surface area contributed by atoms with Crippen molar-refractivity contribution in [2.45, 2.75) is 37.9 Å². The van der Waals surface area contributed by atoms with Crippen molar-refractivity contribution >= 4 is 46.7 Å². The number of rotatable bonds is 7. The van der Waals surface area contributed by atoms with Crippen LogP contribution in [-0.2, 0) is 16.8 Å². The molecule has 1 amide bonds. The number of aromatic nitrogens is 4. The van der Waals surface area contributed by atoms with Crippen LogP contribution in [0.3, 0.4) is 0 Å². The second kappa shape index (κ2) is 9.76. The van der Waals surface area contributed by atoms with E-state index in [1.54, 1.807) is 0 Å². The number of carbonyl (C=O) groups excluding carboxylic acids is 1. The molecule has 0 radical (unpaired) electrons. The largest absolute Gasteiger partial charge is 0.486 e. The lowest BCUT2D eigenvalue weighted by molar-refractivity contribution is -0.113. The molecule has 3 N–H and O–H groups in total. The maximum absolute atomic E-state index is 12.2. The molecule has 0 saturated carbocycles. The first-order valence-corrected chi connectivity index (χ1v) is 11.0. The van der Waals surface area contributed by atoms with Gasteiger partial charge in [-0.25, -0.2) is 9.66 Å². The quantitative estimate of drug-likeness (QED) is 0.383. The fraction of sp³-hybridized carbons (Fsp3) is 0.300. The fourth-order valence-corrected chi connectivity index (χ4v) is 3.61. The zero-order valence-electron chi connectivity index (χ0n) is 17.2. The Labute approximate surface area is 194 Å². The molecule has 0 spiro atoms. The van der Waals surface area contributed by atoms with Gasteiger partial charge in [-0.2, -0.15) is 0 Å². The van der Waals surface area contributed by atoms with Crippen LogP contribution in [0.2, 0.25) is 10.0 Å². The third kappa shape index (κ3) is 6.25. The van der Waals surface area contributed by atoms with E-state index in [0.717, 1.165) is 11.8 Å². The molecule has 0 bridgehead atoms. The van der Waals surface area contributed by atoms with Gasteiger partial charge in [0.2, 0.25) is 11.1 Å². The molecule has 3 rings (SSSR count). The van der Waals surface area contributed by atoms with Gasteiger partial charge < -0.3 is 15.9 Å². The van der Waals surface area contributed by atoms with Crippen molar-refractivity contribution in [3.63, 3.8) is 0 Å². The average Bonchev–Trinajstić information content (AvgIpc) is 3.06. The number of anilines is 1. The number of thioether (sulfide) groups is 1. The Kier molecular flexibility index (Phi) is 7.30. The Morgan fingerprint density at radius 2 is 1.94 bits per heavy atom. The summed E-state index contributed by atoms with van der Waals surface area (Å²) in [5.74, 6) is 7.14. The van der Waals surface area contributed by atoms with Gasteiger partial charge in [0.05, 0.1) is 15.8 Å². The molecular weight excluding hydrogens is 459 g/mol. The Balaban J connectivity index is 1.53. The van der Waals surface area contributed by atoms with Gasteiger partial charge in [0.1, 0.15) is 12.4 Å². The summed E-state index contributed by atoms with van der Waals surface area (Å²) in [6, 6.07) is 9.38. The van der Waals surface area contributed by atoms with Crippen LogP contribution in [0, 0.1) is 0 Å². The van der Waals surface area contributed by atoms with E-state index < -0.39 is 0 Å². The topological polar surface area (TPSA) is 108 Å². The van der Waals surface area contributed by atoms with Gasteiger partial charge in [-0.1, -0.05) is 67.9 Å². The minimum absolute atomic E-state index is 0.0467. The first kappa shape index (κ1) is 23.2. The summed E-state index contributed by atoms with van der Waals surface area (Å²) >= 11 is 12.9. The predicted molar refractivity (Wildman–Crippen MR) is 123 cm³/mol. The van der Waals surface area contributed by atoms with E-state index >= 15 is 0 Å². The number of nitrogen functional groups attached to an aromatic ring is 1. The summed E-state index contributed by atoms with van der Waals surface area (Å²) in [5.41, 5.74) is 1.29. The summed E-state index contributed by atoms with van der Waals surface area (Å²) in [7, 11) is 0. The van der Waals surface area contributed by atoms with E-state index in [1.807, 2.05) is 24.3 Å². The lowest BCUT2D eigenvalue weighted by Gasteiger charge is -2.19. The van der Waals surface area contributed by atoms with Crippen molar-refractivity contribution in [2.24, 2.45) is 0 Å². The van der Waals surface area contributed by atoms with Gasteiger partial charge in [-0.15, -0.1) is 10.2 Å². The molecule has 0 aliphatic carbocycles. The molecule has 1 aromatic carbocycles. The number of pyridine rings is 1.